The molecular formula is C12H28N2OS. The van der Waals surface area contributed by atoms with Gasteiger partial charge in [-0.25, -0.2) is 0 Å². The number of ether oxygens (including phenoxy) is 1. The molecule has 0 aliphatic heterocycles. The van der Waals surface area contributed by atoms with Crippen molar-refractivity contribution in [1.29, 1.82) is 0 Å². The first kappa shape index (κ1) is 16.2. The fourth-order valence-electron chi connectivity index (χ4n) is 1.76. The summed E-state index contributed by atoms with van der Waals surface area (Å²) in [6.45, 7) is 7.16. The lowest BCUT2D eigenvalue weighted by molar-refractivity contribution is -0.00758. The summed E-state index contributed by atoms with van der Waals surface area (Å²) < 4.78 is 5.47. The van der Waals surface area contributed by atoms with Gasteiger partial charge in [-0.15, -0.1) is 0 Å². The molecule has 3 nitrogen and oxygen atoms in total. The van der Waals surface area contributed by atoms with E-state index in [9.17, 15) is 0 Å². The maximum absolute atomic E-state index is 5.87. The van der Waals surface area contributed by atoms with Crippen molar-refractivity contribution >= 4 is 11.8 Å². The summed E-state index contributed by atoms with van der Waals surface area (Å²) in [4.78, 5) is 2.37. The Labute approximate surface area is 105 Å². The quantitative estimate of drug-likeness (QED) is 0.711. The summed E-state index contributed by atoms with van der Waals surface area (Å²) in [6, 6.07) is 0.938. The zero-order chi connectivity index (χ0) is 12.8. The second kappa shape index (κ2) is 7.54. The number of hydrogen-bond acceptors (Lipinski definition) is 4. The van der Waals surface area contributed by atoms with E-state index < -0.39 is 0 Å². The molecule has 0 aliphatic rings. The Morgan fingerprint density at radius 2 is 2.00 bits per heavy atom. The molecule has 0 amide bonds. The molecule has 0 radical (unpaired) electrons. The normalized spacial score (nSPS) is 16.5. The first-order valence-corrected chi connectivity index (χ1v) is 7.23. The first-order valence-electron chi connectivity index (χ1n) is 5.84. The van der Waals surface area contributed by atoms with Crippen molar-refractivity contribution in [3.05, 3.63) is 0 Å². The molecule has 0 aliphatic carbocycles. The van der Waals surface area contributed by atoms with E-state index in [2.05, 4.69) is 39.0 Å². The van der Waals surface area contributed by atoms with Crippen molar-refractivity contribution in [3.8, 4) is 0 Å². The van der Waals surface area contributed by atoms with Crippen LogP contribution in [0.25, 0.3) is 0 Å². The first-order chi connectivity index (χ1) is 7.37. The minimum atomic E-state index is -0.0998. The second-order valence-corrected chi connectivity index (χ2v) is 5.94. The van der Waals surface area contributed by atoms with Gasteiger partial charge in [0, 0.05) is 31.5 Å². The van der Waals surface area contributed by atoms with E-state index in [4.69, 9.17) is 10.5 Å². The molecule has 0 saturated heterocycles. The van der Waals surface area contributed by atoms with Gasteiger partial charge in [0.15, 0.2) is 0 Å². The van der Waals surface area contributed by atoms with Gasteiger partial charge in [-0.3, -0.25) is 4.90 Å². The molecule has 0 aromatic carbocycles. The number of nitrogens with zero attached hydrogens (tertiary/aromatic N) is 1. The lowest BCUT2D eigenvalue weighted by Crippen LogP contribution is -2.47. The molecule has 0 aromatic rings. The van der Waals surface area contributed by atoms with Gasteiger partial charge in [-0.1, -0.05) is 0 Å². The molecule has 0 fully saturated rings. The Morgan fingerprint density at radius 1 is 1.44 bits per heavy atom. The number of thioether (sulfide) groups is 1. The van der Waals surface area contributed by atoms with Gasteiger partial charge in [0.1, 0.15) is 0 Å². The minimum absolute atomic E-state index is 0.0998. The van der Waals surface area contributed by atoms with Gasteiger partial charge in [0.2, 0.25) is 0 Å². The van der Waals surface area contributed by atoms with Crippen LogP contribution in [0, 0.1) is 0 Å². The van der Waals surface area contributed by atoms with Crippen LogP contribution in [-0.2, 0) is 4.74 Å². The van der Waals surface area contributed by atoms with Crippen LogP contribution in [0.4, 0.5) is 0 Å². The molecule has 2 unspecified atom stereocenters. The average molecular weight is 248 g/mol. The Bertz CT molecular complexity index is 188. The van der Waals surface area contributed by atoms with Crippen LogP contribution in [0.3, 0.4) is 0 Å². The van der Waals surface area contributed by atoms with E-state index in [1.54, 1.807) is 7.11 Å². The van der Waals surface area contributed by atoms with Gasteiger partial charge in [0.25, 0.3) is 0 Å². The molecular weight excluding hydrogens is 220 g/mol. The van der Waals surface area contributed by atoms with Crippen LogP contribution < -0.4 is 5.73 Å². The standard InChI is InChI=1S/C12H28N2OS/c1-10(9-16-6)14(4)11(8-13)7-12(2,3)15-5/h10-11H,7-9,13H2,1-6H3. The lowest BCUT2D eigenvalue weighted by Gasteiger charge is -2.36. The van der Waals surface area contributed by atoms with Gasteiger partial charge in [-0.2, -0.15) is 11.8 Å². The van der Waals surface area contributed by atoms with Crippen molar-refractivity contribution in [1.82, 2.24) is 4.90 Å². The second-order valence-electron chi connectivity index (χ2n) is 5.03. The SMILES string of the molecule is COC(C)(C)CC(CN)N(C)C(C)CSC. The van der Waals surface area contributed by atoms with Crippen molar-refractivity contribution in [3.63, 3.8) is 0 Å². The van der Waals surface area contributed by atoms with Gasteiger partial charge in [0.05, 0.1) is 5.60 Å². The minimum Gasteiger partial charge on any atom is -0.379 e. The molecule has 98 valence electrons. The third-order valence-corrected chi connectivity index (χ3v) is 4.05. The van der Waals surface area contributed by atoms with Crippen molar-refractivity contribution in [2.45, 2.75) is 44.9 Å². The molecule has 2 atom stereocenters. The number of rotatable bonds is 8. The van der Waals surface area contributed by atoms with Crippen LogP contribution in [0.5, 0.6) is 0 Å². The van der Waals surface area contributed by atoms with Crippen LogP contribution >= 0.6 is 11.8 Å². The average Bonchev–Trinajstić information content (AvgIpc) is 2.25. The third kappa shape index (κ3) is 5.53. The zero-order valence-corrected chi connectivity index (χ0v) is 12.4. The highest BCUT2D eigenvalue weighted by Crippen LogP contribution is 2.20. The highest BCUT2D eigenvalue weighted by atomic mass is 32.2. The van der Waals surface area contributed by atoms with Crippen molar-refractivity contribution < 1.29 is 4.74 Å². The summed E-state index contributed by atoms with van der Waals surface area (Å²) in [5.74, 6) is 1.14. The molecule has 0 saturated carbocycles. The molecule has 4 heteroatoms. The summed E-state index contributed by atoms with van der Waals surface area (Å²) in [6.07, 6.45) is 3.11. The molecule has 0 rings (SSSR count). The Hall–Kier alpha value is 0.230. The maximum atomic E-state index is 5.87. The highest BCUT2D eigenvalue weighted by molar-refractivity contribution is 7.98. The molecule has 0 bridgehead atoms. The Balaban J connectivity index is 4.37. The number of likely N-dealkylation sites (N-methyl/N-ethyl adjacent to an activating group) is 1. The van der Waals surface area contributed by atoms with E-state index >= 15 is 0 Å². The number of methoxy groups -OCH3 is 1. The maximum Gasteiger partial charge on any atom is 0.0638 e. The zero-order valence-electron chi connectivity index (χ0n) is 11.6. The van der Waals surface area contributed by atoms with Gasteiger partial charge < -0.3 is 10.5 Å². The van der Waals surface area contributed by atoms with E-state index in [1.165, 1.54) is 0 Å². The van der Waals surface area contributed by atoms with Crippen molar-refractivity contribution in [2.75, 3.05) is 32.7 Å². The van der Waals surface area contributed by atoms with Crippen LogP contribution in [-0.4, -0.2) is 55.3 Å². The highest BCUT2D eigenvalue weighted by Gasteiger charge is 2.26. The Kier molecular flexibility index (Phi) is 7.64. The number of hydrogen-bond donors (Lipinski definition) is 1. The lowest BCUT2D eigenvalue weighted by atomic mass is 9.97. The topological polar surface area (TPSA) is 38.5 Å². The van der Waals surface area contributed by atoms with E-state index in [0.717, 1.165) is 12.2 Å². The number of nitrogens with two attached hydrogens (primary N) is 1. The largest absolute Gasteiger partial charge is 0.379 e. The summed E-state index contributed by atoms with van der Waals surface area (Å²) in [7, 11) is 3.92. The molecule has 0 spiro atoms. The third-order valence-electron chi connectivity index (χ3n) is 3.23. The molecule has 0 heterocycles. The van der Waals surface area contributed by atoms with Gasteiger partial charge in [-0.05, 0) is 40.5 Å². The van der Waals surface area contributed by atoms with Crippen LogP contribution in [0.2, 0.25) is 0 Å². The van der Waals surface area contributed by atoms with Crippen LogP contribution in [0.15, 0.2) is 0 Å². The van der Waals surface area contributed by atoms with Crippen LogP contribution in [0.1, 0.15) is 27.2 Å². The Morgan fingerprint density at radius 3 is 2.38 bits per heavy atom. The molecule has 16 heavy (non-hydrogen) atoms. The monoisotopic (exact) mass is 248 g/mol. The smallest absolute Gasteiger partial charge is 0.0638 e. The van der Waals surface area contributed by atoms with E-state index in [1.807, 2.05) is 11.8 Å². The predicted octanol–water partition coefficient (Wildman–Crippen LogP) is 1.81. The fraction of sp³-hybridized carbons (Fsp3) is 1.00. The van der Waals surface area contributed by atoms with Gasteiger partial charge >= 0.3 is 0 Å². The summed E-state index contributed by atoms with van der Waals surface area (Å²) in [5.41, 5.74) is 5.77. The summed E-state index contributed by atoms with van der Waals surface area (Å²) >= 11 is 1.88. The molecule has 0 aromatic heterocycles. The summed E-state index contributed by atoms with van der Waals surface area (Å²) in [5, 5.41) is 0. The predicted molar refractivity (Wildman–Crippen MR) is 74.2 cm³/mol. The fourth-order valence-corrected chi connectivity index (χ4v) is 2.48. The molecule has 2 N–H and O–H groups in total. The van der Waals surface area contributed by atoms with E-state index in [0.29, 0.717) is 18.6 Å². The van der Waals surface area contributed by atoms with E-state index in [-0.39, 0.29) is 5.60 Å². The van der Waals surface area contributed by atoms with Crippen molar-refractivity contribution in [2.24, 2.45) is 5.73 Å².